The predicted octanol–water partition coefficient (Wildman–Crippen LogP) is 3.31. The van der Waals surface area contributed by atoms with Crippen LogP contribution in [0.2, 0.25) is 0 Å². The molecule has 1 aliphatic heterocycles. The van der Waals surface area contributed by atoms with Crippen molar-refractivity contribution in [1.29, 1.82) is 0 Å². The molecule has 3 N–H and O–H groups in total. The summed E-state index contributed by atoms with van der Waals surface area (Å²) in [6.07, 6.45) is 1.83. The number of phenols is 1. The molecule has 0 unspecified atom stereocenters. The smallest absolute Gasteiger partial charge is 0.264 e. The van der Waals surface area contributed by atoms with Crippen LogP contribution in [0.5, 0.6) is 5.75 Å². The second-order valence-corrected chi connectivity index (χ2v) is 7.69. The van der Waals surface area contributed by atoms with Crippen molar-refractivity contribution in [3.63, 3.8) is 0 Å². The highest BCUT2D eigenvalue weighted by atomic mass is 79.9. The molecule has 0 atom stereocenters. The van der Waals surface area contributed by atoms with Crippen molar-refractivity contribution >= 4 is 37.3 Å². The van der Waals surface area contributed by atoms with Gasteiger partial charge in [0, 0.05) is 16.7 Å². The molecule has 22 heavy (non-hydrogen) atoms. The van der Waals surface area contributed by atoms with Gasteiger partial charge in [0.05, 0.1) is 5.69 Å². The van der Waals surface area contributed by atoms with E-state index in [1.165, 1.54) is 24.3 Å². The Bertz CT molecular complexity index is 804. The largest absolute Gasteiger partial charge is 0.508 e. The normalized spacial score (nSPS) is 14.0. The molecule has 2 aromatic carbocycles. The molecule has 0 fully saturated rings. The van der Waals surface area contributed by atoms with Gasteiger partial charge >= 0.3 is 0 Å². The van der Waals surface area contributed by atoms with Crippen molar-refractivity contribution in [2.24, 2.45) is 0 Å². The first-order valence-electron chi connectivity index (χ1n) is 6.84. The summed E-state index contributed by atoms with van der Waals surface area (Å²) in [5.41, 5.74) is 2.06. The van der Waals surface area contributed by atoms with Gasteiger partial charge in [0.2, 0.25) is 0 Å². The molecular weight excluding hydrogens is 368 g/mol. The zero-order valence-electron chi connectivity index (χ0n) is 11.6. The molecule has 0 aromatic heterocycles. The summed E-state index contributed by atoms with van der Waals surface area (Å²) in [4.78, 5) is 0.227. The molecule has 0 radical (unpaired) electrons. The average molecular weight is 383 g/mol. The second-order valence-electron chi connectivity index (χ2n) is 5.12. The van der Waals surface area contributed by atoms with Crippen molar-refractivity contribution in [3.8, 4) is 5.75 Å². The van der Waals surface area contributed by atoms with Gasteiger partial charge in [0.15, 0.2) is 0 Å². The van der Waals surface area contributed by atoms with E-state index in [0.717, 1.165) is 29.4 Å². The molecule has 0 spiro atoms. The van der Waals surface area contributed by atoms with Gasteiger partial charge in [-0.3, -0.25) is 4.72 Å². The number of sulfonamides is 1. The number of nitrogens with one attached hydrogen (secondary N) is 2. The van der Waals surface area contributed by atoms with Crippen LogP contribution >= 0.6 is 15.9 Å². The Kier molecular flexibility index (Phi) is 4.01. The Balaban J connectivity index is 2.02. The number of anilines is 2. The van der Waals surface area contributed by atoms with Crippen LogP contribution in [0.3, 0.4) is 0 Å². The topological polar surface area (TPSA) is 78.4 Å². The van der Waals surface area contributed by atoms with Crippen molar-refractivity contribution in [3.05, 3.63) is 46.4 Å². The van der Waals surface area contributed by atoms with Gasteiger partial charge in [-0.2, -0.15) is 0 Å². The summed E-state index contributed by atoms with van der Waals surface area (Å²) < 4.78 is 28.6. The molecule has 0 saturated heterocycles. The lowest BCUT2D eigenvalue weighted by molar-refractivity contribution is 0.475. The number of rotatable bonds is 3. The minimum absolute atomic E-state index is 0.0875. The summed E-state index contributed by atoms with van der Waals surface area (Å²) in [6, 6.07) is 9.45. The van der Waals surface area contributed by atoms with Crippen LogP contribution in [-0.2, 0) is 16.4 Å². The Hall–Kier alpha value is -1.73. The number of phenolic OH excluding ortho intramolecular Hbond substituents is 1. The van der Waals surface area contributed by atoms with Gasteiger partial charge in [-0.05, 0) is 54.8 Å². The maximum absolute atomic E-state index is 12.7. The van der Waals surface area contributed by atoms with E-state index < -0.39 is 10.0 Å². The summed E-state index contributed by atoms with van der Waals surface area (Å²) >= 11 is 3.38. The van der Waals surface area contributed by atoms with Gasteiger partial charge in [0.25, 0.3) is 10.0 Å². The van der Waals surface area contributed by atoms with E-state index in [9.17, 15) is 13.5 Å². The summed E-state index contributed by atoms with van der Waals surface area (Å²) in [6.45, 7) is 0.760. The van der Waals surface area contributed by atoms with E-state index in [2.05, 4.69) is 26.0 Å². The molecule has 3 rings (SSSR count). The zero-order chi connectivity index (χ0) is 15.7. The minimum atomic E-state index is -3.71. The monoisotopic (exact) mass is 382 g/mol. The third-order valence-corrected chi connectivity index (χ3v) is 5.35. The van der Waals surface area contributed by atoms with E-state index in [-0.39, 0.29) is 10.6 Å². The van der Waals surface area contributed by atoms with Gasteiger partial charge in [-0.25, -0.2) is 8.42 Å². The Morgan fingerprint density at radius 3 is 2.64 bits per heavy atom. The Labute approximate surface area is 137 Å². The van der Waals surface area contributed by atoms with Gasteiger partial charge in [-0.1, -0.05) is 15.9 Å². The second kappa shape index (κ2) is 5.81. The highest BCUT2D eigenvalue weighted by Gasteiger charge is 2.23. The van der Waals surface area contributed by atoms with Crippen LogP contribution in [-0.4, -0.2) is 20.1 Å². The number of aromatic hydroxyl groups is 1. The van der Waals surface area contributed by atoms with Crippen molar-refractivity contribution < 1.29 is 13.5 Å². The van der Waals surface area contributed by atoms with Crippen LogP contribution in [0.4, 0.5) is 11.4 Å². The average Bonchev–Trinajstić information content (AvgIpc) is 2.48. The summed E-state index contributed by atoms with van der Waals surface area (Å²) in [5, 5.41) is 12.5. The minimum Gasteiger partial charge on any atom is -0.508 e. The zero-order valence-corrected chi connectivity index (χ0v) is 14.0. The number of fused-ring (bicyclic) bond motifs is 1. The molecule has 1 heterocycles. The maximum atomic E-state index is 12.7. The van der Waals surface area contributed by atoms with Gasteiger partial charge < -0.3 is 10.4 Å². The molecule has 0 saturated carbocycles. The number of aryl methyl sites for hydroxylation is 1. The molecular formula is C15H15BrN2O3S. The van der Waals surface area contributed by atoms with Gasteiger partial charge in [0.1, 0.15) is 10.6 Å². The van der Waals surface area contributed by atoms with Crippen LogP contribution in [0.1, 0.15) is 12.0 Å². The van der Waals surface area contributed by atoms with Crippen LogP contribution in [0, 0.1) is 0 Å². The first kappa shape index (κ1) is 15.2. The molecule has 1 aliphatic rings. The third kappa shape index (κ3) is 3.05. The third-order valence-electron chi connectivity index (χ3n) is 3.48. The van der Waals surface area contributed by atoms with Crippen molar-refractivity contribution in [2.45, 2.75) is 17.7 Å². The van der Waals surface area contributed by atoms with Crippen molar-refractivity contribution in [2.75, 3.05) is 16.6 Å². The quantitative estimate of drug-likeness (QED) is 0.711. The number of benzene rings is 2. The van der Waals surface area contributed by atoms with E-state index in [1.54, 1.807) is 6.07 Å². The van der Waals surface area contributed by atoms with Crippen molar-refractivity contribution in [1.82, 2.24) is 0 Å². The van der Waals surface area contributed by atoms with Crippen LogP contribution < -0.4 is 10.0 Å². The van der Waals surface area contributed by atoms with Crippen LogP contribution in [0.25, 0.3) is 0 Å². The lowest BCUT2D eigenvalue weighted by atomic mass is 10.0. The molecule has 7 heteroatoms. The first-order chi connectivity index (χ1) is 10.5. The summed E-state index contributed by atoms with van der Waals surface area (Å²) in [7, 11) is -3.71. The molecule has 116 valence electrons. The molecule has 0 aliphatic carbocycles. The van der Waals surface area contributed by atoms with E-state index in [0.29, 0.717) is 11.4 Å². The molecule has 5 nitrogen and oxygen atoms in total. The standard InChI is InChI=1S/C15H15BrN2O3S/c16-11-8-10-2-1-7-17-15(10)14(9-11)22(20,21)18-12-3-5-13(19)6-4-12/h3-6,8-9,17-19H,1-2,7H2. The molecule has 2 aromatic rings. The Morgan fingerprint density at radius 1 is 1.18 bits per heavy atom. The molecule has 0 amide bonds. The molecule has 0 bridgehead atoms. The highest BCUT2D eigenvalue weighted by Crippen LogP contribution is 2.34. The lowest BCUT2D eigenvalue weighted by Crippen LogP contribution is -2.19. The highest BCUT2D eigenvalue weighted by molar-refractivity contribution is 9.10. The number of hydrogen-bond acceptors (Lipinski definition) is 4. The fourth-order valence-corrected chi connectivity index (χ4v) is 4.44. The lowest BCUT2D eigenvalue weighted by Gasteiger charge is -2.22. The fourth-order valence-electron chi connectivity index (χ4n) is 2.48. The summed E-state index contributed by atoms with van der Waals surface area (Å²) in [5.74, 6) is 0.0875. The number of halogens is 1. The van der Waals surface area contributed by atoms with Crippen LogP contribution in [0.15, 0.2) is 45.8 Å². The maximum Gasteiger partial charge on any atom is 0.264 e. The SMILES string of the molecule is O=S(=O)(Nc1ccc(O)cc1)c1cc(Br)cc2c1NCCC2. The van der Waals surface area contributed by atoms with Gasteiger partial charge in [-0.15, -0.1) is 0 Å². The van der Waals surface area contributed by atoms with E-state index in [1.807, 2.05) is 6.07 Å². The Morgan fingerprint density at radius 2 is 1.91 bits per heavy atom. The van der Waals surface area contributed by atoms with E-state index >= 15 is 0 Å². The fraction of sp³-hybridized carbons (Fsp3) is 0.200. The number of hydrogen-bond donors (Lipinski definition) is 3. The van der Waals surface area contributed by atoms with E-state index in [4.69, 9.17) is 0 Å². The first-order valence-corrected chi connectivity index (χ1v) is 9.11. The predicted molar refractivity (Wildman–Crippen MR) is 89.9 cm³/mol.